The number of hydrogen-bond acceptors (Lipinski definition) is 2. The fraction of sp³-hybridized carbons (Fsp3) is 0.222. The molecule has 0 amide bonds. The molecule has 0 saturated heterocycles. The van der Waals surface area contributed by atoms with Gasteiger partial charge in [0.2, 0.25) is 0 Å². The summed E-state index contributed by atoms with van der Waals surface area (Å²) in [5.41, 5.74) is 7.62. The van der Waals surface area contributed by atoms with E-state index in [2.05, 4.69) is 0 Å². The van der Waals surface area contributed by atoms with Crippen molar-refractivity contribution in [3.05, 3.63) is 28.3 Å². The Bertz CT molecular complexity index is 350. The third-order valence-corrected chi connectivity index (χ3v) is 2.13. The van der Waals surface area contributed by atoms with Gasteiger partial charge in [-0.15, -0.1) is 0 Å². The van der Waals surface area contributed by atoms with E-state index in [9.17, 15) is 4.79 Å². The summed E-state index contributed by atoms with van der Waals surface area (Å²) < 4.78 is 0. The maximum atomic E-state index is 10.4. The van der Waals surface area contributed by atoms with Crippen molar-refractivity contribution in [3.8, 4) is 0 Å². The molecule has 0 unspecified atom stereocenters. The zero-order valence-corrected chi connectivity index (χ0v) is 7.93. The molecule has 0 aliphatic heterocycles. The maximum absolute atomic E-state index is 10.4. The number of carboxylic acids is 1. The molecule has 0 bridgehead atoms. The van der Waals surface area contributed by atoms with Crippen molar-refractivity contribution in [2.45, 2.75) is 13.3 Å². The Hall–Kier alpha value is -1.22. The number of aryl methyl sites for hydroxylation is 1. The Balaban J connectivity index is 3.08. The Kier molecular flexibility index (Phi) is 2.78. The lowest BCUT2D eigenvalue weighted by molar-refractivity contribution is -0.136. The molecular weight excluding hydrogens is 190 g/mol. The third kappa shape index (κ3) is 2.36. The quantitative estimate of drug-likeness (QED) is 0.715. The first-order valence-electron chi connectivity index (χ1n) is 3.77. The lowest BCUT2D eigenvalue weighted by Crippen LogP contribution is -2.02. The molecule has 13 heavy (non-hydrogen) atoms. The average Bonchev–Trinajstić information content (AvgIpc) is 1.99. The van der Waals surface area contributed by atoms with Gasteiger partial charge in [0, 0.05) is 10.7 Å². The summed E-state index contributed by atoms with van der Waals surface area (Å²) in [5, 5.41) is 8.97. The number of halogens is 1. The van der Waals surface area contributed by atoms with Gasteiger partial charge in [0.1, 0.15) is 0 Å². The Morgan fingerprint density at radius 2 is 2.23 bits per heavy atom. The molecule has 70 valence electrons. The monoisotopic (exact) mass is 199 g/mol. The normalized spacial score (nSPS) is 10.0. The SMILES string of the molecule is Cc1cc(CC(=O)O)c(Cl)cc1N. The highest BCUT2D eigenvalue weighted by atomic mass is 35.5. The minimum atomic E-state index is -0.897. The van der Waals surface area contributed by atoms with E-state index in [0.717, 1.165) is 5.56 Å². The minimum Gasteiger partial charge on any atom is -0.481 e. The van der Waals surface area contributed by atoms with Gasteiger partial charge in [0.25, 0.3) is 0 Å². The highest BCUT2D eigenvalue weighted by molar-refractivity contribution is 6.31. The van der Waals surface area contributed by atoms with Gasteiger partial charge in [-0.1, -0.05) is 17.7 Å². The topological polar surface area (TPSA) is 63.3 Å². The van der Waals surface area contributed by atoms with Crippen LogP contribution in [0.5, 0.6) is 0 Å². The van der Waals surface area contributed by atoms with Gasteiger partial charge in [-0.2, -0.15) is 0 Å². The molecular formula is C9H10ClNO2. The van der Waals surface area contributed by atoms with E-state index < -0.39 is 5.97 Å². The first kappa shape index (κ1) is 9.86. The predicted molar refractivity (Wildman–Crippen MR) is 51.9 cm³/mol. The van der Waals surface area contributed by atoms with Crippen molar-refractivity contribution in [1.29, 1.82) is 0 Å². The van der Waals surface area contributed by atoms with Gasteiger partial charge in [-0.05, 0) is 24.1 Å². The molecule has 0 radical (unpaired) electrons. The summed E-state index contributed by atoms with van der Waals surface area (Å²) in [6, 6.07) is 3.28. The van der Waals surface area contributed by atoms with Crippen LogP contribution in [0.1, 0.15) is 11.1 Å². The second-order valence-corrected chi connectivity index (χ2v) is 3.28. The van der Waals surface area contributed by atoms with E-state index >= 15 is 0 Å². The fourth-order valence-electron chi connectivity index (χ4n) is 1.06. The Labute approximate surface area is 81.1 Å². The number of carbonyl (C=O) groups is 1. The summed E-state index contributed by atoms with van der Waals surface area (Å²) in [7, 11) is 0. The molecule has 0 spiro atoms. The van der Waals surface area contributed by atoms with E-state index in [1.165, 1.54) is 0 Å². The van der Waals surface area contributed by atoms with Gasteiger partial charge < -0.3 is 10.8 Å². The number of nitrogens with two attached hydrogens (primary N) is 1. The molecule has 0 aliphatic rings. The Morgan fingerprint density at radius 1 is 1.62 bits per heavy atom. The summed E-state index contributed by atoms with van der Waals surface area (Å²) in [6.45, 7) is 1.82. The molecule has 0 heterocycles. The van der Waals surface area contributed by atoms with Crippen LogP contribution >= 0.6 is 11.6 Å². The van der Waals surface area contributed by atoms with Gasteiger partial charge in [-0.3, -0.25) is 4.79 Å². The smallest absolute Gasteiger partial charge is 0.307 e. The summed E-state index contributed by atoms with van der Waals surface area (Å²) in [4.78, 5) is 10.4. The number of carboxylic acid groups (broad SMARTS) is 1. The number of anilines is 1. The Morgan fingerprint density at radius 3 is 2.77 bits per heavy atom. The van der Waals surface area contributed by atoms with Crippen LogP contribution in [-0.4, -0.2) is 11.1 Å². The number of aliphatic carboxylic acids is 1. The maximum Gasteiger partial charge on any atom is 0.307 e. The van der Waals surface area contributed by atoms with E-state index in [0.29, 0.717) is 16.3 Å². The van der Waals surface area contributed by atoms with E-state index in [1.54, 1.807) is 12.1 Å². The van der Waals surface area contributed by atoms with Crippen LogP contribution in [0.2, 0.25) is 5.02 Å². The average molecular weight is 200 g/mol. The van der Waals surface area contributed by atoms with Crippen LogP contribution in [-0.2, 0) is 11.2 Å². The molecule has 3 N–H and O–H groups in total. The fourth-order valence-corrected chi connectivity index (χ4v) is 1.29. The molecule has 0 fully saturated rings. The first-order valence-corrected chi connectivity index (χ1v) is 4.15. The van der Waals surface area contributed by atoms with Crippen LogP contribution in [0.25, 0.3) is 0 Å². The van der Waals surface area contributed by atoms with E-state index in [1.807, 2.05) is 6.92 Å². The summed E-state index contributed by atoms with van der Waals surface area (Å²) in [6.07, 6.45) is -0.0695. The molecule has 3 nitrogen and oxygen atoms in total. The van der Waals surface area contributed by atoms with Gasteiger partial charge >= 0.3 is 5.97 Å². The van der Waals surface area contributed by atoms with E-state index in [-0.39, 0.29) is 6.42 Å². The van der Waals surface area contributed by atoms with Crippen LogP contribution in [0.15, 0.2) is 12.1 Å². The molecule has 0 saturated carbocycles. The summed E-state index contributed by atoms with van der Waals surface area (Å²) in [5.74, 6) is -0.897. The van der Waals surface area contributed by atoms with Crippen LogP contribution in [0.3, 0.4) is 0 Å². The zero-order chi connectivity index (χ0) is 10.0. The van der Waals surface area contributed by atoms with Gasteiger partial charge in [-0.25, -0.2) is 0 Å². The number of nitrogen functional groups attached to an aromatic ring is 1. The highest BCUT2D eigenvalue weighted by Gasteiger charge is 2.07. The zero-order valence-electron chi connectivity index (χ0n) is 7.17. The second kappa shape index (κ2) is 3.66. The van der Waals surface area contributed by atoms with Gasteiger partial charge in [0.05, 0.1) is 6.42 Å². The van der Waals surface area contributed by atoms with Crippen molar-refractivity contribution in [1.82, 2.24) is 0 Å². The van der Waals surface area contributed by atoms with Crippen molar-refractivity contribution in [2.24, 2.45) is 0 Å². The second-order valence-electron chi connectivity index (χ2n) is 2.87. The predicted octanol–water partition coefficient (Wildman–Crippen LogP) is 1.86. The molecule has 0 aliphatic carbocycles. The van der Waals surface area contributed by atoms with Crippen LogP contribution < -0.4 is 5.73 Å². The molecule has 1 rings (SSSR count). The van der Waals surface area contributed by atoms with Crippen molar-refractivity contribution < 1.29 is 9.90 Å². The molecule has 0 atom stereocenters. The number of hydrogen-bond donors (Lipinski definition) is 2. The van der Waals surface area contributed by atoms with E-state index in [4.69, 9.17) is 22.4 Å². The van der Waals surface area contributed by atoms with Crippen molar-refractivity contribution in [3.63, 3.8) is 0 Å². The third-order valence-electron chi connectivity index (χ3n) is 1.78. The lowest BCUT2D eigenvalue weighted by atomic mass is 10.1. The van der Waals surface area contributed by atoms with Gasteiger partial charge in [0.15, 0.2) is 0 Å². The number of rotatable bonds is 2. The molecule has 0 aromatic heterocycles. The van der Waals surface area contributed by atoms with Crippen LogP contribution in [0, 0.1) is 6.92 Å². The first-order chi connectivity index (χ1) is 6.00. The van der Waals surface area contributed by atoms with Crippen molar-refractivity contribution >= 4 is 23.3 Å². The van der Waals surface area contributed by atoms with Crippen LogP contribution in [0.4, 0.5) is 5.69 Å². The summed E-state index contributed by atoms with van der Waals surface area (Å²) >= 11 is 5.80. The standard InChI is InChI=1S/C9H10ClNO2/c1-5-2-6(3-9(12)13)7(10)4-8(5)11/h2,4H,3,11H2,1H3,(H,12,13). The largest absolute Gasteiger partial charge is 0.481 e. The lowest BCUT2D eigenvalue weighted by Gasteiger charge is -2.05. The minimum absolute atomic E-state index is 0.0695. The number of benzene rings is 1. The molecule has 4 heteroatoms. The van der Waals surface area contributed by atoms with Crippen molar-refractivity contribution in [2.75, 3.05) is 5.73 Å². The highest BCUT2D eigenvalue weighted by Crippen LogP contribution is 2.23. The molecule has 1 aromatic carbocycles. The molecule has 1 aromatic rings.